The molecule has 1 amide bonds. The third kappa shape index (κ3) is 2.54. The Bertz CT molecular complexity index is 1050. The predicted octanol–water partition coefficient (Wildman–Crippen LogP) is 3.75. The molecule has 0 aliphatic heterocycles. The van der Waals surface area contributed by atoms with Gasteiger partial charge in [0.15, 0.2) is 0 Å². The summed E-state index contributed by atoms with van der Waals surface area (Å²) < 4.78 is 3.74. The van der Waals surface area contributed by atoms with Gasteiger partial charge in [-0.1, -0.05) is 31.0 Å². The van der Waals surface area contributed by atoms with Gasteiger partial charge in [0.2, 0.25) is 0 Å². The van der Waals surface area contributed by atoms with Crippen molar-refractivity contribution in [2.24, 2.45) is 7.05 Å². The summed E-state index contributed by atoms with van der Waals surface area (Å²) in [5.74, 6) is -0.118. The Morgan fingerprint density at radius 3 is 2.58 bits per heavy atom. The lowest BCUT2D eigenvalue weighted by Gasteiger charge is -2.17. The Morgan fingerprint density at radius 1 is 1.19 bits per heavy atom. The molecule has 1 fully saturated rings. The quantitative estimate of drug-likeness (QED) is 0.781. The van der Waals surface area contributed by atoms with Gasteiger partial charge in [-0.3, -0.25) is 9.59 Å². The van der Waals surface area contributed by atoms with Gasteiger partial charge in [-0.2, -0.15) is 0 Å². The highest BCUT2D eigenvalue weighted by atomic mass is 16.2. The molecule has 1 aliphatic rings. The molecule has 1 aromatic carbocycles. The molecule has 1 aliphatic carbocycles. The zero-order valence-electron chi connectivity index (χ0n) is 15.6. The molecule has 1 N–H and O–H groups in total. The molecule has 0 radical (unpaired) electrons. The van der Waals surface area contributed by atoms with E-state index in [9.17, 15) is 9.59 Å². The number of pyridine rings is 1. The maximum atomic E-state index is 13.3. The largest absolute Gasteiger partial charge is 0.350 e. The summed E-state index contributed by atoms with van der Waals surface area (Å²) in [6, 6.07) is 8.14. The molecule has 4 rings (SSSR count). The Hall–Kier alpha value is -2.56. The summed E-state index contributed by atoms with van der Waals surface area (Å²) in [6.45, 7) is 3.90. The number of carbonyl (C=O) groups is 1. The summed E-state index contributed by atoms with van der Waals surface area (Å²) in [7, 11) is 1.91. The van der Waals surface area contributed by atoms with Gasteiger partial charge in [0.25, 0.3) is 11.5 Å². The zero-order chi connectivity index (χ0) is 18.4. The molecule has 2 aromatic heterocycles. The molecule has 0 unspecified atom stereocenters. The lowest BCUT2D eigenvalue weighted by atomic mass is 10.1. The maximum Gasteiger partial charge on any atom is 0.275 e. The minimum Gasteiger partial charge on any atom is -0.350 e. The number of hydrogen-bond acceptors (Lipinski definition) is 2. The van der Waals surface area contributed by atoms with Gasteiger partial charge in [0.1, 0.15) is 5.52 Å². The first-order valence-electron chi connectivity index (χ1n) is 9.42. The van der Waals surface area contributed by atoms with Crippen molar-refractivity contribution in [1.29, 1.82) is 0 Å². The summed E-state index contributed by atoms with van der Waals surface area (Å²) in [5, 5.41) is 4.72. The van der Waals surface area contributed by atoms with Crippen LogP contribution in [0.3, 0.4) is 0 Å². The van der Waals surface area contributed by atoms with Crippen molar-refractivity contribution in [2.45, 2.75) is 51.6 Å². The molecule has 0 bridgehead atoms. The molecule has 26 heavy (non-hydrogen) atoms. The van der Waals surface area contributed by atoms with Crippen LogP contribution in [0.2, 0.25) is 0 Å². The molecule has 0 saturated heterocycles. The SMILES string of the molecule is CC(C)NC(=O)c1cn(C2CCCC2)c(=O)c2c1c1ccccc1n2C. The van der Waals surface area contributed by atoms with Crippen LogP contribution in [0.4, 0.5) is 0 Å². The van der Waals surface area contributed by atoms with E-state index in [-0.39, 0.29) is 23.6 Å². The molecule has 3 aromatic rings. The van der Waals surface area contributed by atoms with E-state index >= 15 is 0 Å². The maximum absolute atomic E-state index is 13.3. The van der Waals surface area contributed by atoms with Crippen molar-refractivity contribution in [3.8, 4) is 0 Å². The normalized spacial score (nSPS) is 15.4. The van der Waals surface area contributed by atoms with Crippen LogP contribution in [0.15, 0.2) is 35.3 Å². The third-order valence-electron chi connectivity index (χ3n) is 5.46. The Labute approximate surface area is 152 Å². The molecule has 2 heterocycles. The number of nitrogens with one attached hydrogen (secondary N) is 1. The van der Waals surface area contributed by atoms with Crippen molar-refractivity contribution < 1.29 is 4.79 Å². The van der Waals surface area contributed by atoms with Crippen molar-refractivity contribution >= 4 is 27.7 Å². The van der Waals surface area contributed by atoms with E-state index in [0.29, 0.717) is 11.1 Å². The first-order valence-corrected chi connectivity index (χ1v) is 9.42. The predicted molar refractivity (Wildman–Crippen MR) is 105 cm³/mol. The number of aryl methyl sites for hydroxylation is 1. The summed E-state index contributed by atoms with van der Waals surface area (Å²) in [6.07, 6.45) is 6.07. The van der Waals surface area contributed by atoms with E-state index < -0.39 is 0 Å². The highest BCUT2D eigenvalue weighted by Gasteiger charge is 2.25. The Balaban J connectivity index is 2.09. The van der Waals surface area contributed by atoms with Gasteiger partial charge < -0.3 is 14.5 Å². The van der Waals surface area contributed by atoms with Crippen molar-refractivity contribution in [2.75, 3.05) is 0 Å². The van der Waals surface area contributed by atoms with Gasteiger partial charge in [0.05, 0.1) is 5.56 Å². The monoisotopic (exact) mass is 351 g/mol. The number of amides is 1. The fourth-order valence-corrected chi connectivity index (χ4v) is 4.27. The smallest absolute Gasteiger partial charge is 0.275 e. The van der Waals surface area contributed by atoms with Crippen LogP contribution in [0.25, 0.3) is 21.8 Å². The van der Waals surface area contributed by atoms with Crippen LogP contribution in [0, 0.1) is 0 Å². The summed E-state index contributed by atoms with van der Waals surface area (Å²) in [5.41, 5.74) is 2.19. The van der Waals surface area contributed by atoms with Crippen LogP contribution >= 0.6 is 0 Å². The molecular formula is C21H25N3O2. The van der Waals surface area contributed by atoms with Crippen molar-refractivity contribution in [3.63, 3.8) is 0 Å². The molecule has 5 heteroatoms. The first-order chi connectivity index (χ1) is 12.5. The number of benzene rings is 1. The third-order valence-corrected chi connectivity index (χ3v) is 5.46. The number of rotatable bonds is 3. The molecule has 0 atom stereocenters. The van der Waals surface area contributed by atoms with Crippen LogP contribution in [0.5, 0.6) is 0 Å². The average molecular weight is 351 g/mol. The van der Waals surface area contributed by atoms with E-state index in [0.717, 1.165) is 42.0 Å². The Morgan fingerprint density at radius 2 is 1.88 bits per heavy atom. The zero-order valence-corrected chi connectivity index (χ0v) is 15.6. The second kappa shape index (κ2) is 6.31. The number of aromatic nitrogens is 2. The molecule has 5 nitrogen and oxygen atoms in total. The number of fused-ring (bicyclic) bond motifs is 3. The van der Waals surface area contributed by atoms with Crippen LogP contribution in [0.1, 0.15) is 55.9 Å². The van der Waals surface area contributed by atoms with E-state index in [2.05, 4.69) is 5.32 Å². The number of hydrogen-bond donors (Lipinski definition) is 1. The second-order valence-electron chi connectivity index (χ2n) is 7.62. The standard InChI is InChI=1S/C21H25N3O2/c1-13(2)22-20(25)16-12-24(14-8-4-5-9-14)21(26)19-18(16)15-10-6-7-11-17(15)23(19)3/h6-7,10-14H,4-5,8-9H2,1-3H3,(H,22,25). The van der Waals surface area contributed by atoms with Crippen molar-refractivity contribution in [3.05, 3.63) is 46.4 Å². The lowest BCUT2D eigenvalue weighted by Crippen LogP contribution is -2.33. The van der Waals surface area contributed by atoms with Crippen LogP contribution in [-0.4, -0.2) is 21.1 Å². The summed E-state index contributed by atoms with van der Waals surface area (Å²) in [4.78, 5) is 26.3. The van der Waals surface area contributed by atoms with Gasteiger partial charge in [-0.15, -0.1) is 0 Å². The molecule has 1 saturated carbocycles. The summed E-state index contributed by atoms with van der Waals surface area (Å²) >= 11 is 0. The topological polar surface area (TPSA) is 56.0 Å². The van der Waals surface area contributed by atoms with Crippen LogP contribution in [-0.2, 0) is 7.05 Å². The molecular weight excluding hydrogens is 326 g/mol. The lowest BCUT2D eigenvalue weighted by molar-refractivity contribution is 0.0944. The second-order valence-corrected chi connectivity index (χ2v) is 7.62. The van der Waals surface area contributed by atoms with Gasteiger partial charge >= 0.3 is 0 Å². The van der Waals surface area contributed by atoms with Gasteiger partial charge in [0, 0.05) is 41.6 Å². The highest BCUT2D eigenvalue weighted by molar-refractivity contribution is 6.17. The molecule has 136 valence electrons. The van der Waals surface area contributed by atoms with Crippen LogP contribution < -0.4 is 10.9 Å². The van der Waals surface area contributed by atoms with E-state index in [1.54, 1.807) is 6.20 Å². The fraction of sp³-hybridized carbons (Fsp3) is 0.429. The number of para-hydroxylation sites is 1. The Kier molecular flexibility index (Phi) is 4.10. The minimum absolute atomic E-state index is 0.00620. The van der Waals surface area contributed by atoms with Gasteiger partial charge in [-0.05, 0) is 32.8 Å². The molecule has 0 spiro atoms. The average Bonchev–Trinajstić information content (AvgIpc) is 3.23. The van der Waals surface area contributed by atoms with Crippen molar-refractivity contribution in [1.82, 2.24) is 14.5 Å². The first kappa shape index (κ1) is 16.9. The van der Waals surface area contributed by atoms with E-state index in [4.69, 9.17) is 0 Å². The number of carbonyl (C=O) groups excluding carboxylic acids is 1. The minimum atomic E-state index is -0.118. The highest BCUT2D eigenvalue weighted by Crippen LogP contribution is 2.33. The van der Waals surface area contributed by atoms with E-state index in [1.165, 1.54) is 0 Å². The van der Waals surface area contributed by atoms with Gasteiger partial charge in [-0.25, -0.2) is 0 Å². The fourth-order valence-electron chi connectivity index (χ4n) is 4.27. The number of nitrogens with zero attached hydrogens (tertiary/aromatic N) is 2. The van der Waals surface area contributed by atoms with E-state index in [1.807, 2.05) is 54.3 Å².